The number of rotatable bonds is 6. The second-order valence-corrected chi connectivity index (χ2v) is 5.85. The molecular weight excluding hydrogens is 208 g/mol. The third kappa shape index (κ3) is 3.32. The van der Waals surface area contributed by atoms with Crippen LogP contribution in [0, 0.1) is 5.92 Å². The quantitative estimate of drug-likeness (QED) is 0.716. The predicted octanol–water partition coefficient (Wildman–Crippen LogP) is 3.05. The van der Waals surface area contributed by atoms with Crippen LogP contribution in [0.3, 0.4) is 0 Å². The van der Waals surface area contributed by atoms with Crippen molar-refractivity contribution in [3.05, 3.63) is 12.7 Å². The molecular formula is C15H30N2. The highest BCUT2D eigenvalue weighted by molar-refractivity contribution is 5.08. The SMILES string of the molecule is C=CC(NCCC)C1(N(C)C)CCC(C)CC1. The Bertz CT molecular complexity index is 227. The molecule has 0 spiro atoms. The van der Waals surface area contributed by atoms with Crippen molar-refractivity contribution in [2.24, 2.45) is 5.92 Å². The van der Waals surface area contributed by atoms with Gasteiger partial charge in [0.15, 0.2) is 0 Å². The molecule has 0 bridgehead atoms. The molecule has 2 nitrogen and oxygen atoms in total. The first-order chi connectivity index (χ1) is 8.06. The molecule has 17 heavy (non-hydrogen) atoms. The first-order valence-electron chi connectivity index (χ1n) is 7.10. The Hall–Kier alpha value is -0.340. The van der Waals surface area contributed by atoms with Gasteiger partial charge in [-0.25, -0.2) is 0 Å². The topological polar surface area (TPSA) is 15.3 Å². The summed E-state index contributed by atoms with van der Waals surface area (Å²) < 4.78 is 0. The lowest BCUT2D eigenvalue weighted by Crippen LogP contribution is -2.59. The van der Waals surface area contributed by atoms with Crippen LogP contribution in [0.4, 0.5) is 0 Å². The van der Waals surface area contributed by atoms with Gasteiger partial charge < -0.3 is 10.2 Å². The molecule has 0 radical (unpaired) electrons. The van der Waals surface area contributed by atoms with E-state index >= 15 is 0 Å². The van der Waals surface area contributed by atoms with Crippen molar-refractivity contribution in [2.45, 2.75) is 57.5 Å². The molecule has 1 rings (SSSR count). The zero-order valence-electron chi connectivity index (χ0n) is 12.1. The molecule has 0 aromatic rings. The molecule has 1 unspecified atom stereocenters. The number of nitrogens with one attached hydrogen (secondary N) is 1. The molecule has 2 heteroatoms. The fourth-order valence-corrected chi connectivity index (χ4v) is 3.09. The minimum atomic E-state index is 0.281. The van der Waals surface area contributed by atoms with Gasteiger partial charge in [0.05, 0.1) is 0 Å². The summed E-state index contributed by atoms with van der Waals surface area (Å²) >= 11 is 0. The highest BCUT2D eigenvalue weighted by atomic mass is 15.2. The molecule has 0 heterocycles. The highest BCUT2D eigenvalue weighted by Crippen LogP contribution is 2.38. The Kier molecular flexibility index (Phi) is 5.68. The van der Waals surface area contributed by atoms with E-state index in [9.17, 15) is 0 Å². The van der Waals surface area contributed by atoms with Gasteiger partial charge in [-0.2, -0.15) is 0 Å². The van der Waals surface area contributed by atoms with Crippen molar-refractivity contribution in [1.82, 2.24) is 10.2 Å². The van der Waals surface area contributed by atoms with Crippen molar-refractivity contribution >= 4 is 0 Å². The number of likely N-dealkylation sites (N-methyl/N-ethyl adjacent to an activating group) is 1. The molecule has 1 atom stereocenters. The zero-order chi connectivity index (χ0) is 12.9. The Labute approximate surface area is 107 Å². The van der Waals surface area contributed by atoms with E-state index in [1.54, 1.807) is 0 Å². The van der Waals surface area contributed by atoms with E-state index in [0.29, 0.717) is 6.04 Å². The molecule has 0 amide bonds. The maximum absolute atomic E-state index is 4.05. The second-order valence-electron chi connectivity index (χ2n) is 5.85. The minimum absolute atomic E-state index is 0.281. The summed E-state index contributed by atoms with van der Waals surface area (Å²) in [6.45, 7) is 9.73. The number of hydrogen-bond acceptors (Lipinski definition) is 2. The van der Waals surface area contributed by atoms with Gasteiger partial charge in [0.2, 0.25) is 0 Å². The van der Waals surface area contributed by atoms with Crippen LogP contribution in [0.25, 0.3) is 0 Å². The smallest absolute Gasteiger partial charge is 0.0433 e. The average molecular weight is 238 g/mol. The summed E-state index contributed by atoms with van der Waals surface area (Å²) in [6, 6.07) is 0.421. The van der Waals surface area contributed by atoms with E-state index in [1.807, 2.05) is 0 Å². The van der Waals surface area contributed by atoms with Crippen LogP contribution in [0.5, 0.6) is 0 Å². The summed E-state index contributed by atoms with van der Waals surface area (Å²) in [4.78, 5) is 2.42. The Morgan fingerprint density at radius 3 is 2.41 bits per heavy atom. The van der Waals surface area contributed by atoms with Gasteiger partial charge in [-0.1, -0.05) is 19.9 Å². The third-order valence-electron chi connectivity index (χ3n) is 4.46. The maximum Gasteiger partial charge on any atom is 0.0433 e. The summed E-state index contributed by atoms with van der Waals surface area (Å²) in [7, 11) is 4.44. The van der Waals surface area contributed by atoms with Crippen LogP contribution in [-0.2, 0) is 0 Å². The number of hydrogen-bond donors (Lipinski definition) is 1. The molecule has 0 aromatic carbocycles. The van der Waals surface area contributed by atoms with Crippen LogP contribution < -0.4 is 5.32 Å². The lowest BCUT2D eigenvalue weighted by molar-refractivity contribution is 0.0590. The Morgan fingerprint density at radius 2 is 2.00 bits per heavy atom. The summed E-state index contributed by atoms with van der Waals surface area (Å²) in [5.74, 6) is 0.889. The van der Waals surface area contributed by atoms with Crippen LogP contribution in [0.15, 0.2) is 12.7 Å². The van der Waals surface area contributed by atoms with Crippen LogP contribution in [0.2, 0.25) is 0 Å². The fourth-order valence-electron chi connectivity index (χ4n) is 3.09. The van der Waals surface area contributed by atoms with Crippen molar-refractivity contribution in [1.29, 1.82) is 0 Å². The Morgan fingerprint density at radius 1 is 1.41 bits per heavy atom. The lowest BCUT2D eigenvalue weighted by atomic mass is 9.72. The lowest BCUT2D eigenvalue weighted by Gasteiger charge is -2.49. The van der Waals surface area contributed by atoms with Crippen molar-refractivity contribution in [3.8, 4) is 0 Å². The van der Waals surface area contributed by atoms with Gasteiger partial charge in [-0.3, -0.25) is 0 Å². The van der Waals surface area contributed by atoms with Crippen LogP contribution in [0.1, 0.15) is 46.0 Å². The maximum atomic E-state index is 4.05. The summed E-state index contributed by atoms with van der Waals surface area (Å²) in [5.41, 5.74) is 0.281. The Balaban J connectivity index is 2.78. The van der Waals surface area contributed by atoms with Crippen molar-refractivity contribution in [2.75, 3.05) is 20.6 Å². The molecule has 1 aliphatic carbocycles. The normalized spacial score (nSPS) is 31.5. The van der Waals surface area contributed by atoms with Gasteiger partial charge in [0, 0.05) is 11.6 Å². The zero-order valence-corrected chi connectivity index (χ0v) is 12.1. The largest absolute Gasteiger partial charge is 0.309 e. The second kappa shape index (κ2) is 6.55. The first-order valence-corrected chi connectivity index (χ1v) is 7.10. The van der Waals surface area contributed by atoms with E-state index in [0.717, 1.165) is 12.5 Å². The highest BCUT2D eigenvalue weighted by Gasteiger charge is 2.41. The van der Waals surface area contributed by atoms with E-state index in [4.69, 9.17) is 0 Å². The molecule has 0 aromatic heterocycles. The van der Waals surface area contributed by atoms with Crippen LogP contribution >= 0.6 is 0 Å². The van der Waals surface area contributed by atoms with Crippen molar-refractivity contribution in [3.63, 3.8) is 0 Å². The fraction of sp³-hybridized carbons (Fsp3) is 0.867. The first kappa shape index (κ1) is 14.7. The molecule has 100 valence electrons. The molecule has 1 saturated carbocycles. The summed E-state index contributed by atoms with van der Waals surface area (Å²) in [6.07, 6.45) is 8.56. The van der Waals surface area contributed by atoms with Crippen LogP contribution in [-0.4, -0.2) is 37.1 Å². The van der Waals surface area contributed by atoms with Gasteiger partial charge in [-0.05, 0) is 58.7 Å². The van der Waals surface area contributed by atoms with Gasteiger partial charge in [0.25, 0.3) is 0 Å². The molecule has 1 aliphatic rings. The van der Waals surface area contributed by atoms with E-state index in [2.05, 4.69) is 50.8 Å². The molecule has 1 fully saturated rings. The molecule has 0 saturated heterocycles. The molecule has 1 N–H and O–H groups in total. The van der Waals surface area contributed by atoms with Crippen molar-refractivity contribution < 1.29 is 0 Å². The van der Waals surface area contributed by atoms with E-state index in [-0.39, 0.29) is 5.54 Å². The third-order valence-corrected chi connectivity index (χ3v) is 4.46. The molecule has 0 aliphatic heterocycles. The standard InChI is InChI=1S/C15H30N2/c1-6-12-16-14(7-2)15(17(4)5)10-8-13(3)9-11-15/h7,13-14,16H,2,6,8-12H2,1,3-5H3. The van der Waals surface area contributed by atoms with Gasteiger partial charge in [-0.15, -0.1) is 6.58 Å². The predicted molar refractivity (Wildman–Crippen MR) is 76.3 cm³/mol. The average Bonchev–Trinajstić information content (AvgIpc) is 2.32. The van der Waals surface area contributed by atoms with E-state index in [1.165, 1.54) is 32.1 Å². The minimum Gasteiger partial charge on any atom is -0.309 e. The van der Waals surface area contributed by atoms with Gasteiger partial charge >= 0.3 is 0 Å². The van der Waals surface area contributed by atoms with Gasteiger partial charge in [0.1, 0.15) is 0 Å². The number of nitrogens with zero attached hydrogens (tertiary/aromatic N) is 1. The summed E-state index contributed by atoms with van der Waals surface area (Å²) in [5, 5.41) is 3.67. The monoisotopic (exact) mass is 238 g/mol. The van der Waals surface area contributed by atoms with E-state index < -0.39 is 0 Å².